The Labute approximate surface area is 82.2 Å². The fourth-order valence-electron chi connectivity index (χ4n) is 1.34. The van der Waals surface area contributed by atoms with Crippen LogP contribution in [-0.2, 0) is 5.54 Å². The van der Waals surface area contributed by atoms with Crippen LogP contribution in [0.3, 0.4) is 0 Å². The molecule has 1 aromatic heterocycles. The summed E-state index contributed by atoms with van der Waals surface area (Å²) in [5.74, 6) is 0. The van der Waals surface area contributed by atoms with E-state index in [1.165, 1.54) is 11.3 Å². The number of thiazole rings is 1. The van der Waals surface area contributed by atoms with Crippen LogP contribution in [0.15, 0.2) is 4.79 Å². The third kappa shape index (κ3) is 1.69. The summed E-state index contributed by atoms with van der Waals surface area (Å²) in [6.07, 6.45) is 0. The summed E-state index contributed by atoms with van der Waals surface area (Å²) >= 11 is 1.29. The number of aromatic nitrogens is 1. The van der Waals surface area contributed by atoms with E-state index in [1.807, 2.05) is 27.7 Å². The Morgan fingerprint density at radius 3 is 2.31 bits per heavy atom. The van der Waals surface area contributed by atoms with Crippen LogP contribution >= 0.6 is 11.3 Å². The number of hydrogen-bond acceptors (Lipinski definition) is 3. The molecule has 0 aromatic carbocycles. The van der Waals surface area contributed by atoms with Crippen molar-refractivity contribution in [2.75, 3.05) is 6.54 Å². The Morgan fingerprint density at radius 2 is 2.00 bits per heavy atom. The first-order valence-corrected chi connectivity index (χ1v) is 5.11. The number of nitrogens with two attached hydrogens (primary N) is 1. The molecule has 0 amide bonds. The molecule has 1 heterocycles. The van der Waals surface area contributed by atoms with E-state index in [4.69, 9.17) is 5.73 Å². The molecule has 0 fully saturated rings. The molecule has 4 heteroatoms. The predicted molar refractivity (Wildman–Crippen MR) is 56.4 cm³/mol. The van der Waals surface area contributed by atoms with Crippen LogP contribution in [0.25, 0.3) is 0 Å². The van der Waals surface area contributed by atoms with Crippen LogP contribution in [0.1, 0.15) is 24.4 Å². The van der Waals surface area contributed by atoms with Crippen LogP contribution < -0.4 is 10.6 Å². The summed E-state index contributed by atoms with van der Waals surface area (Å²) in [5, 5.41) is 0. The maximum Gasteiger partial charge on any atom is 0.308 e. The average molecular weight is 200 g/mol. The molecule has 1 rings (SSSR count). The van der Waals surface area contributed by atoms with E-state index in [-0.39, 0.29) is 10.4 Å². The minimum absolute atomic E-state index is 0.0884. The summed E-state index contributed by atoms with van der Waals surface area (Å²) in [6.45, 7) is 8.36. The van der Waals surface area contributed by atoms with E-state index in [0.29, 0.717) is 6.54 Å². The molecule has 0 atom stereocenters. The SMILES string of the molecule is Cc1sc(=O)n(C(C)(C)CN)c1C. The molecule has 1 aromatic rings. The summed E-state index contributed by atoms with van der Waals surface area (Å²) in [4.78, 5) is 12.8. The molecule has 0 aliphatic carbocycles. The molecule has 2 N–H and O–H groups in total. The Bertz CT molecular complexity index is 362. The lowest BCUT2D eigenvalue weighted by atomic mass is 10.1. The topological polar surface area (TPSA) is 48.0 Å². The molecule has 0 aliphatic heterocycles. The van der Waals surface area contributed by atoms with Crippen LogP contribution in [0.2, 0.25) is 0 Å². The molecule has 0 radical (unpaired) electrons. The monoisotopic (exact) mass is 200 g/mol. The van der Waals surface area contributed by atoms with Crippen molar-refractivity contribution in [2.24, 2.45) is 5.73 Å². The molecule has 3 nitrogen and oxygen atoms in total. The molecule has 0 bridgehead atoms. The van der Waals surface area contributed by atoms with Crippen molar-refractivity contribution in [3.8, 4) is 0 Å². The second-order valence-electron chi connectivity index (χ2n) is 3.86. The van der Waals surface area contributed by atoms with Gasteiger partial charge in [0, 0.05) is 17.1 Å². The van der Waals surface area contributed by atoms with Crippen LogP contribution in [0.5, 0.6) is 0 Å². The lowest BCUT2D eigenvalue weighted by molar-refractivity contribution is 0.354. The average Bonchev–Trinajstić information content (AvgIpc) is 2.27. The largest absolute Gasteiger partial charge is 0.328 e. The first-order valence-electron chi connectivity index (χ1n) is 4.29. The van der Waals surface area contributed by atoms with E-state index in [9.17, 15) is 4.79 Å². The van der Waals surface area contributed by atoms with Crippen molar-refractivity contribution in [1.82, 2.24) is 4.57 Å². The van der Waals surface area contributed by atoms with Crippen molar-refractivity contribution < 1.29 is 0 Å². The van der Waals surface area contributed by atoms with Crippen LogP contribution in [0, 0.1) is 13.8 Å². The smallest absolute Gasteiger partial charge is 0.308 e. The zero-order valence-corrected chi connectivity index (χ0v) is 9.36. The highest BCUT2D eigenvalue weighted by Gasteiger charge is 2.23. The van der Waals surface area contributed by atoms with Gasteiger partial charge in [0.1, 0.15) is 0 Å². The van der Waals surface area contributed by atoms with Gasteiger partial charge in [0.2, 0.25) is 0 Å². The van der Waals surface area contributed by atoms with Crippen LogP contribution in [-0.4, -0.2) is 11.1 Å². The van der Waals surface area contributed by atoms with Gasteiger partial charge in [-0.2, -0.15) is 0 Å². The van der Waals surface area contributed by atoms with Gasteiger partial charge in [-0.25, -0.2) is 0 Å². The van der Waals surface area contributed by atoms with Crippen molar-refractivity contribution in [3.63, 3.8) is 0 Å². The highest BCUT2D eigenvalue weighted by atomic mass is 32.1. The molecule has 0 spiro atoms. The Morgan fingerprint density at radius 1 is 1.46 bits per heavy atom. The van der Waals surface area contributed by atoms with Gasteiger partial charge in [-0.05, 0) is 27.7 Å². The van der Waals surface area contributed by atoms with Gasteiger partial charge in [-0.1, -0.05) is 11.3 Å². The maximum atomic E-state index is 11.6. The fraction of sp³-hybridized carbons (Fsp3) is 0.667. The van der Waals surface area contributed by atoms with E-state index >= 15 is 0 Å². The normalized spacial score (nSPS) is 12.1. The van der Waals surface area contributed by atoms with Crippen molar-refractivity contribution >= 4 is 11.3 Å². The second-order valence-corrected chi connectivity index (χ2v) is 5.03. The molecular formula is C9H16N2OS. The summed E-state index contributed by atoms with van der Waals surface area (Å²) in [7, 11) is 0. The van der Waals surface area contributed by atoms with E-state index < -0.39 is 0 Å². The zero-order valence-electron chi connectivity index (χ0n) is 8.55. The summed E-state index contributed by atoms with van der Waals surface area (Å²) < 4.78 is 1.78. The van der Waals surface area contributed by atoms with Gasteiger partial charge in [0.25, 0.3) is 0 Å². The second kappa shape index (κ2) is 3.27. The Hall–Kier alpha value is -0.610. The van der Waals surface area contributed by atoms with E-state index in [2.05, 4.69) is 0 Å². The first kappa shape index (κ1) is 10.5. The Kier molecular flexibility index (Phi) is 2.63. The summed E-state index contributed by atoms with van der Waals surface area (Å²) in [6, 6.07) is 0. The van der Waals surface area contributed by atoms with Crippen LogP contribution in [0.4, 0.5) is 0 Å². The molecule has 0 saturated heterocycles. The standard InChI is InChI=1S/C9H16N2OS/c1-6-7(2)13-8(12)11(6)9(3,4)5-10/h5,10H2,1-4H3. The number of rotatable bonds is 2. The van der Waals surface area contributed by atoms with Gasteiger partial charge in [-0.3, -0.25) is 9.36 Å². The molecule has 74 valence electrons. The predicted octanol–water partition coefficient (Wildman–Crippen LogP) is 1.22. The molecule has 13 heavy (non-hydrogen) atoms. The number of nitrogens with zero attached hydrogens (tertiary/aromatic N) is 1. The quantitative estimate of drug-likeness (QED) is 0.780. The van der Waals surface area contributed by atoms with Gasteiger partial charge in [-0.15, -0.1) is 0 Å². The first-order chi connectivity index (χ1) is 5.90. The zero-order chi connectivity index (χ0) is 10.2. The van der Waals surface area contributed by atoms with Crippen molar-refractivity contribution in [2.45, 2.75) is 33.2 Å². The lowest BCUT2D eigenvalue weighted by Crippen LogP contribution is -2.40. The minimum Gasteiger partial charge on any atom is -0.328 e. The number of aryl methyl sites for hydroxylation is 1. The van der Waals surface area contributed by atoms with Gasteiger partial charge < -0.3 is 5.73 Å². The highest BCUT2D eigenvalue weighted by molar-refractivity contribution is 7.09. The minimum atomic E-state index is -0.272. The number of hydrogen-bond donors (Lipinski definition) is 1. The van der Waals surface area contributed by atoms with E-state index in [1.54, 1.807) is 4.57 Å². The lowest BCUT2D eigenvalue weighted by Gasteiger charge is -2.25. The van der Waals surface area contributed by atoms with E-state index in [0.717, 1.165) is 10.6 Å². The molecular weight excluding hydrogens is 184 g/mol. The van der Waals surface area contributed by atoms with Gasteiger partial charge in [0.15, 0.2) is 0 Å². The third-order valence-electron chi connectivity index (χ3n) is 2.37. The maximum absolute atomic E-state index is 11.6. The van der Waals surface area contributed by atoms with Gasteiger partial charge >= 0.3 is 4.87 Å². The fourth-order valence-corrected chi connectivity index (χ4v) is 2.31. The molecule has 0 saturated carbocycles. The highest BCUT2D eigenvalue weighted by Crippen LogP contribution is 2.18. The third-order valence-corrected chi connectivity index (χ3v) is 3.33. The van der Waals surface area contributed by atoms with Gasteiger partial charge in [0.05, 0.1) is 5.54 Å². The molecule has 0 aliphatic rings. The van der Waals surface area contributed by atoms with Crippen molar-refractivity contribution in [1.29, 1.82) is 0 Å². The van der Waals surface area contributed by atoms with Crippen molar-refractivity contribution in [3.05, 3.63) is 20.2 Å². The summed E-state index contributed by atoms with van der Waals surface area (Å²) in [5.41, 5.74) is 6.39. The molecule has 0 unspecified atom stereocenters. The Balaban J connectivity index is 3.37.